The third-order valence-corrected chi connectivity index (χ3v) is 6.00. The molecule has 10 heteroatoms. The van der Waals surface area contributed by atoms with Crippen molar-refractivity contribution in [1.29, 1.82) is 0 Å². The molecule has 4 rings (SSSR count). The van der Waals surface area contributed by atoms with Gasteiger partial charge in [0, 0.05) is 23.5 Å². The Bertz CT molecular complexity index is 1080. The summed E-state index contributed by atoms with van der Waals surface area (Å²) in [6, 6.07) is 11.0. The average molecular weight is 487 g/mol. The Kier molecular flexibility index (Phi) is 6.45. The highest BCUT2D eigenvalue weighted by atomic mass is 79.9. The molecule has 1 N–H and O–H groups in total. The van der Waals surface area contributed by atoms with Crippen LogP contribution in [0.4, 0.5) is 5.82 Å². The van der Waals surface area contributed by atoms with Crippen LogP contribution in [0, 0.1) is 5.92 Å². The van der Waals surface area contributed by atoms with Crippen LogP contribution in [0.25, 0.3) is 5.65 Å². The fourth-order valence-corrected chi connectivity index (χ4v) is 4.19. The number of esters is 1. The zero-order valence-electron chi connectivity index (χ0n) is 17.1. The maximum atomic E-state index is 13.0. The van der Waals surface area contributed by atoms with Crippen LogP contribution in [0.5, 0.6) is 0 Å². The van der Waals surface area contributed by atoms with Crippen molar-refractivity contribution in [3.8, 4) is 0 Å². The predicted octanol–water partition coefficient (Wildman–Crippen LogP) is 2.52. The molecule has 3 aromatic rings. The van der Waals surface area contributed by atoms with Gasteiger partial charge in [0.25, 0.3) is 0 Å². The number of nitrogens with one attached hydrogen (secondary N) is 1. The van der Waals surface area contributed by atoms with Gasteiger partial charge in [-0.25, -0.2) is 0 Å². The second-order valence-corrected chi connectivity index (χ2v) is 8.40. The normalized spacial score (nSPS) is 15.6. The lowest BCUT2D eigenvalue weighted by Crippen LogP contribution is -2.42. The first-order chi connectivity index (χ1) is 15.0. The monoisotopic (exact) mass is 486 g/mol. The first kappa shape index (κ1) is 21.2. The zero-order chi connectivity index (χ0) is 21.8. The number of hydrogen-bond donors (Lipinski definition) is 1. The zero-order valence-corrected chi connectivity index (χ0v) is 18.7. The van der Waals surface area contributed by atoms with Gasteiger partial charge >= 0.3 is 5.97 Å². The fourth-order valence-electron chi connectivity index (χ4n) is 3.77. The smallest absolute Gasteiger partial charge is 0.307 e. The summed E-state index contributed by atoms with van der Waals surface area (Å²) in [5.74, 6) is 0.303. The quantitative estimate of drug-likeness (QED) is 0.534. The minimum atomic E-state index is -0.437. The molecule has 9 nitrogen and oxygen atoms in total. The number of carbonyl (C=O) groups excluding carboxylic acids is 2. The highest BCUT2D eigenvalue weighted by Crippen LogP contribution is 2.25. The Balaban J connectivity index is 1.39. The van der Waals surface area contributed by atoms with Crippen molar-refractivity contribution < 1.29 is 14.3 Å². The van der Waals surface area contributed by atoms with E-state index in [0.29, 0.717) is 18.5 Å². The van der Waals surface area contributed by atoms with Gasteiger partial charge in [0.05, 0.1) is 19.6 Å². The van der Waals surface area contributed by atoms with Crippen LogP contribution in [0.1, 0.15) is 30.9 Å². The van der Waals surface area contributed by atoms with Crippen molar-refractivity contribution in [3.05, 3.63) is 52.8 Å². The van der Waals surface area contributed by atoms with Crippen molar-refractivity contribution in [1.82, 2.24) is 25.1 Å². The summed E-state index contributed by atoms with van der Waals surface area (Å²) < 4.78 is 7.35. The number of benzene rings is 1. The molecular formula is C21H23BrN6O3. The van der Waals surface area contributed by atoms with Crippen LogP contribution in [-0.4, -0.2) is 51.9 Å². The SMILES string of the molecule is COC(=O)CC(NC(=O)C1CCN(c2ccc3nncn3n2)CC1)c1cccc(Br)c1. The maximum Gasteiger partial charge on any atom is 0.307 e. The Morgan fingerprint density at radius 1 is 1.26 bits per heavy atom. The Hall–Kier alpha value is -3.01. The molecular weight excluding hydrogens is 464 g/mol. The number of rotatable bonds is 6. The molecule has 1 aromatic carbocycles. The summed E-state index contributed by atoms with van der Waals surface area (Å²) in [5.41, 5.74) is 1.55. The van der Waals surface area contributed by atoms with Gasteiger partial charge in [-0.1, -0.05) is 28.1 Å². The van der Waals surface area contributed by atoms with Crippen LogP contribution in [0.15, 0.2) is 47.2 Å². The van der Waals surface area contributed by atoms with Crippen molar-refractivity contribution in [3.63, 3.8) is 0 Å². The molecule has 162 valence electrons. The molecule has 1 saturated heterocycles. The van der Waals surface area contributed by atoms with Crippen LogP contribution in [-0.2, 0) is 14.3 Å². The Morgan fingerprint density at radius 3 is 2.81 bits per heavy atom. The summed E-state index contributed by atoms with van der Waals surface area (Å²) in [7, 11) is 1.35. The number of halogens is 1. The number of nitrogens with zero attached hydrogens (tertiary/aromatic N) is 5. The fraction of sp³-hybridized carbons (Fsp3) is 0.381. The van der Waals surface area contributed by atoms with E-state index in [1.54, 1.807) is 10.8 Å². The molecule has 1 aliphatic heterocycles. The van der Waals surface area contributed by atoms with Crippen LogP contribution in [0.3, 0.4) is 0 Å². The standard InChI is InChI=1S/C21H23BrN6O3/c1-31-20(29)12-17(15-3-2-4-16(22)11-15)24-21(30)14-7-9-27(10-8-14)19-6-5-18-25-23-13-28(18)26-19/h2-6,11,13-14,17H,7-10,12H2,1H3,(H,24,30). The highest BCUT2D eigenvalue weighted by Gasteiger charge is 2.28. The predicted molar refractivity (Wildman–Crippen MR) is 117 cm³/mol. The van der Waals surface area contributed by atoms with Crippen molar-refractivity contribution in [2.45, 2.75) is 25.3 Å². The average Bonchev–Trinajstić information content (AvgIpc) is 3.26. The molecule has 0 saturated carbocycles. The molecule has 0 radical (unpaired) electrons. The van der Waals surface area contributed by atoms with Crippen molar-refractivity contribution >= 4 is 39.3 Å². The van der Waals surface area contributed by atoms with Crippen LogP contribution in [0.2, 0.25) is 0 Å². The van der Waals surface area contributed by atoms with E-state index in [4.69, 9.17) is 4.74 Å². The maximum absolute atomic E-state index is 13.0. The van der Waals surface area contributed by atoms with Crippen LogP contribution < -0.4 is 10.2 Å². The largest absolute Gasteiger partial charge is 0.469 e. The lowest BCUT2D eigenvalue weighted by Gasteiger charge is -2.32. The van der Waals surface area contributed by atoms with Gasteiger partial charge < -0.3 is 15.0 Å². The molecule has 0 bridgehead atoms. The number of methoxy groups -OCH3 is 1. The van der Waals surface area contributed by atoms with E-state index < -0.39 is 6.04 Å². The van der Waals surface area contributed by atoms with Gasteiger partial charge in [-0.2, -0.15) is 4.52 Å². The first-order valence-corrected chi connectivity index (χ1v) is 10.9. The first-order valence-electron chi connectivity index (χ1n) is 10.1. The summed E-state index contributed by atoms with van der Waals surface area (Å²) in [6.45, 7) is 1.44. The van der Waals surface area contributed by atoms with Gasteiger partial charge in [-0.15, -0.1) is 15.3 Å². The van der Waals surface area contributed by atoms with E-state index in [0.717, 1.165) is 28.9 Å². The number of hydrogen-bond acceptors (Lipinski definition) is 7. The van der Waals surface area contributed by atoms with Crippen LogP contribution >= 0.6 is 15.9 Å². The number of aromatic nitrogens is 4. The molecule has 0 aliphatic carbocycles. The van der Waals surface area contributed by atoms with E-state index >= 15 is 0 Å². The molecule has 2 aromatic heterocycles. The summed E-state index contributed by atoms with van der Waals surface area (Å²) in [6.07, 6.45) is 3.07. The summed E-state index contributed by atoms with van der Waals surface area (Å²) in [4.78, 5) is 27.0. The Morgan fingerprint density at radius 2 is 2.06 bits per heavy atom. The van der Waals surface area contributed by atoms with Gasteiger partial charge in [0.15, 0.2) is 5.65 Å². The minimum absolute atomic E-state index is 0.0456. The molecule has 31 heavy (non-hydrogen) atoms. The highest BCUT2D eigenvalue weighted by molar-refractivity contribution is 9.10. The number of anilines is 1. The van der Waals surface area contributed by atoms with Crippen molar-refractivity contribution in [2.75, 3.05) is 25.1 Å². The number of fused-ring (bicyclic) bond motifs is 1. The van der Waals surface area contributed by atoms with E-state index in [9.17, 15) is 9.59 Å². The minimum Gasteiger partial charge on any atom is -0.469 e. The third kappa shape index (κ3) is 5.01. The second-order valence-electron chi connectivity index (χ2n) is 7.48. The molecule has 1 aliphatic rings. The second kappa shape index (κ2) is 9.42. The third-order valence-electron chi connectivity index (χ3n) is 5.50. The van der Waals surface area contributed by atoms with Gasteiger partial charge in [-0.05, 0) is 42.7 Å². The lowest BCUT2D eigenvalue weighted by molar-refractivity contribution is -0.141. The van der Waals surface area contributed by atoms with Gasteiger partial charge in [0.2, 0.25) is 5.91 Å². The number of piperidine rings is 1. The topological polar surface area (TPSA) is 102 Å². The van der Waals surface area contributed by atoms with E-state index in [-0.39, 0.29) is 24.2 Å². The number of ether oxygens (including phenoxy) is 1. The lowest BCUT2D eigenvalue weighted by atomic mass is 9.94. The molecule has 3 heterocycles. The molecule has 1 unspecified atom stereocenters. The van der Waals surface area contributed by atoms with Gasteiger partial charge in [-0.3, -0.25) is 9.59 Å². The van der Waals surface area contributed by atoms with E-state index in [1.807, 2.05) is 36.4 Å². The van der Waals surface area contributed by atoms with Gasteiger partial charge in [0.1, 0.15) is 12.1 Å². The van der Waals surface area contributed by atoms with E-state index in [2.05, 4.69) is 41.4 Å². The number of carbonyl (C=O) groups is 2. The summed E-state index contributed by atoms with van der Waals surface area (Å²) in [5, 5.41) is 15.4. The molecule has 1 fully saturated rings. The molecule has 0 spiro atoms. The Labute approximate surface area is 187 Å². The number of amides is 1. The molecule has 1 amide bonds. The van der Waals surface area contributed by atoms with Crippen molar-refractivity contribution in [2.24, 2.45) is 5.92 Å². The van der Waals surface area contributed by atoms with E-state index in [1.165, 1.54) is 7.11 Å². The summed E-state index contributed by atoms with van der Waals surface area (Å²) >= 11 is 3.45. The molecule has 1 atom stereocenters.